The molecule has 0 spiro atoms. The molecule has 0 saturated heterocycles. The number of ether oxygens (including phenoxy) is 1. The van der Waals surface area contributed by atoms with Gasteiger partial charge in [-0.1, -0.05) is 6.92 Å². The lowest BCUT2D eigenvalue weighted by Gasteiger charge is -2.33. The first-order chi connectivity index (χ1) is 10.2. The number of benzene rings is 1. The zero-order chi connectivity index (χ0) is 14.6. The van der Waals surface area contributed by atoms with Gasteiger partial charge in [-0.25, -0.2) is 0 Å². The summed E-state index contributed by atoms with van der Waals surface area (Å²) in [5, 5.41) is 0. The first kappa shape index (κ1) is 13.1. The van der Waals surface area contributed by atoms with Crippen LogP contribution in [0.4, 0.5) is 0 Å². The Hall–Kier alpha value is -1.64. The number of ketones is 2. The van der Waals surface area contributed by atoms with E-state index in [9.17, 15) is 9.59 Å². The molecule has 3 heteroatoms. The van der Waals surface area contributed by atoms with E-state index in [0.29, 0.717) is 35.3 Å². The van der Waals surface area contributed by atoms with Crippen LogP contribution in [0.1, 0.15) is 53.3 Å². The maximum Gasteiger partial charge on any atom is 0.167 e. The van der Waals surface area contributed by atoms with Gasteiger partial charge in [0, 0.05) is 23.0 Å². The summed E-state index contributed by atoms with van der Waals surface area (Å²) in [5.74, 6) is 1.88. The van der Waals surface area contributed by atoms with Crippen LogP contribution in [0.3, 0.4) is 0 Å². The SMILES string of the molecule is CCCOc1ccc2c(c1)C(=O)C1C3CCC(C3)C1C2=O. The average Bonchev–Trinajstić information content (AvgIpc) is 3.11. The molecule has 4 atom stereocenters. The molecule has 0 aromatic heterocycles. The predicted molar refractivity (Wildman–Crippen MR) is 78.7 cm³/mol. The van der Waals surface area contributed by atoms with Gasteiger partial charge in [-0.2, -0.15) is 0 Å². The fourth-order valence-electron chi connectivity index (χ4n) is 4.66. The van der Waals surface area contributed by atoms with E-state index in [0.717, 1.165) is 25.7 Å². The number of hydrogen-bond acceptors (Lipinski definition) is 3. The van der Waals surface area contributed by atoms with Gasteiger partial charge < -0.3 is 4.74 Å². The summed E-state index contributed by atoms with van der Waals surface area (Å²) in [4.78, 5) is 25.6. The fraction of sp³-hybridized carbons (Fsp3) is 0.556. The van der Waals surface area contributed by atoms with Gasteiger partial charge in [0.25, 0.3) is 0 Å². The number of carbonyl (C=O) groups excluding carboxylic acids is 2. The molecule has 1 aromatic rings. The summed E-state index contributed by atoms with van der Waals surface area (Å²) in [7, 11) is 0. The molecule has 0 radical (unpaired) electrons. The lowest BCUT2D eigenvalue weighted by Crippen LogP contribution is -2.40. The fourth-order valence-corrected chi connectivity index (χ4v) is 4.66. The standard InChI is InChI=1S/C18H20O3/c1-2-7-21-12-5-6-13-14(9-12)18(20)16-11-4-3-10(8-11)15(16)17(13)19/h5-6,9-11,15-16H,2-4,7-8H2,1H3. The van der Waals surface area contributed by atoms with Crippen molar-refractivity contribution in [1.82, 2.24) is 0 Å². The normalized spacial score (nSPS) is 33.0. The third-order valence-electron chi connectivity index (χ3n) is 5.52. The van der Waals surface area contributed by atoms with Crippen molar-refractivity contribution in [2.45, 2.75) is 32.6 Å². The second-order valence-corrected chi connectivity index (χ2v) is 6.67. The summed E-state index contributed by atoms with van der Waals surface area (Å²) in [6.45, 7) is 2.69. The van der Waals surface area contributed by atoms with Crippen LogP contribution in [0, 0.1) is 23.7 Å². The van der Waals surface area contributed by atoms with Gasteiger partial charge in [-0.05, 0) is 55.7 Å². The second-order valence-electron chi connectivity index (χ2n) is 6.67. The van der Waals surface area contributed by atoms with Crippen molar-refractivity contribution in [2.75, 3.05) is 6.61 Å². The number of fused-ring (bicyclic) bond motifs is 6. The van der Waals surface area contributed by atoms with Gasteiger partial charge in [0.2, 0.25) is 0 Å². The van der Waals surface area contributed by atoms with Crippen LogP contribution in [0.15, 0.2) is 18.2 Å². The summed E-state index contributed by atoms with van der Waals surface area (Å²) in [5.41, 5.74) is 1.22. The first-order valence-electron chi connectivity index (χ1n) is 8.06. The maximum atomic E-state index is 12.9. The maximum absolute atomic E-state index is 12.9. The van der Waals surface area contributed by atoms with Crippen molar-refractivity contribution in [1.29, 1.82) is 0 Å². The van der Waals surface area contributed by atoms with Crippen molar-refractivity contribution in [3.8, 4) is 5.75 Å². The monoisotopic (exact) mass is 284 g/mol. The topological polar surface area (TPSA) is 43.4 Å². The van der Waals surface area contributed by atoms with Crippen LogP contribution in [-0.4, -0.2) is 18.2 Å². The van der Waals surface area contributed by atoms with Gasteiger partial charge in [-0.15, -0.1) is 0 Å². The molecule has 3 aliphatic carbocycles. The van der Waals surface area contributed by atoms with Crippen LogP contribution in [-0.2, 0) is 0 Å². The Labute approximate surface area is 124 Å². The highest BCUT2D eigenvalue weighted by atomic mass is 16.5. The van der Waals surface area contributed by atoms with Crippen LogP contribution < -0.4 is 4.74 Å². The van der Waals surface area contributed by atoms with E-state index < -0.39 is 0 Å². The zero-order valence-corrected chi connectivity index (χ0v) is 12.3. The largest absolute Gasteiger partial charge is 0.494 e. The van der Waals surface area contributed by atoms with Crippen LogP contribution in [0.5, 0.6) is 5.75 Å². The summed E-state index contributed by atoms with van der Waals surface area (Å²) < 4.78 is 5.61. The molecule has 3 nitrogen and oxygen atoms in total. The predicted octanol–water partition coefficient (Wildman–Crippen LogP) is 3.52. The second kappa shape index (κ2) is 4.69. The van der Waals surface area contributed by atoms with Crippen molar-refractivity contribution in [3.05, 3.63) is 29.3 Å². The summed E-state index contributed by atoms with van der Waals surface area (Å²) in [6, 6.07) is 5.41. The van der Waals surface area contributed by atoms with E-state index in [1.807, 2.05) is 13.0 Å². The van der Waals surface area contributed by atoms with Gasteiger partial charge in [-0.3, -0.25) is 9.59 Å². The van der Waals surface area contributed by atoms with Crippen LogP contribution in [0.25, 0.3) is 0 Å². The molecule has 0 aliphatic heterocycles. The van der Waals surface area contributed by atoms with Crippen molar-refractivity contribution in [2.24, 2.45) is 23.7 Å². The Kier molecular flexibility index (Phi) is 2.91. The van der Waals surface area contributed by atoms with Gasteiger partial charge in [0.1, 0.15) is 5.75 Å². The third kappa shape index (κ3) is 1.79. The van der Waals surface area contributed by atoms with Crippen LogP contribution >= 0.6 is 0 Å². The molecule has 0 N–H and O–H groups in total. The van der Waals surface area contributed by atoms with E-state index in [1.54, 1.807) is 12.1 Å². The lowest BCUT2D eigenvalue weighted by atomic mass is 9.67. The molecule has 2 bridgehead atoms. The minimum Gasteiger partial charge on any atom is -0.494 e. The van der Waals surface area contributed by atoms with Crippen molar-refractivity contribution in [3.63, 3.8) is 0 Å². The minimum absolute atomic E-state index is 0.0360. The Morgan fingerprint density at radius 1 is 1.05 bits per heavy atom. The molecule has 110 valence electrons. The number of Topliss-reactive ketones (excluding diaryl/α,β-unsaturated/α-hetero) is 2. The van der Waals surface area contributed by atoms with E-state index in [4.69, 9.17) is 4.74 Å². The third-order valence-corrected chi connectivity index (χ3v) is 5.52. The molecular formula is C18H20O3. The van der Waals surface area contributed by atoms with Gasteiger partial charge in [0.05, 0.1) is 6.61 Å². The van der Waals surface area contributed by atoms with E-state index in [1.165, 1.54) is 0 Å². The Balaban J connectivity index is 1.74. The molecule has 4 unspecified atom stereocenters. The van der Waals surface area contributed by atoms with Crippen LogP contribution in [0.2, 0.25) is 0 Å². The Bertz CT molecular complexity index is 619. The highest BCUT2D eigenvalue weighted by molar-refractivity contribution is 6.16. The molecule has 21 heavy (non-hydrogen) atoms. The first-order valence-corrected chi connectivity index (χ1v) is 8.06. The number of rotatable bonds is 3. The van der Waals surface area contributed by atoms with E-state index in [-0.39, 0.29) is 23.4 Å². The molecule has 1 aromatic carbocycles. The van der Waals surface area contributed by atoms with Gasteiger partial charge in [0.15, 0.2) is 11.6 Å². The molecule has 2 fully saturated rings. The van der Waals surface area contributed by atoms with Crippen molar-refractivity contribution < 1.29 is 14.3 Å². The molecular weight excluding hydrogens is 264 g/mol. The smallest absolute Gasteiger partial charge is 0.167 e. The van der Waals surface area contributed by atoms with Crippen molar-refractivity contribution >= 4 is 11.6 Å². The highest BCUT2D eigenvalue weighted by Crippen LogP contribution is 2.56. The Morgan fingerprint density at radius 2 is 1.71 bits per heavy atom. The summed E-state index contributed by atoms with van der Waals surface area (Å²) in [6.07, 6.45) is 4.24. The number of hydrogen-bond donors (Lipinski definition) is 0. The molecule has 0 amide bonds. The molecule has 2 saturated carbocycles. The van der Waals surface area contributed by atoms with E-state index >= 15 is 0 Å². The van der Waals surface area contributed by atoms with E-state index in [2.05, 4.69) is 0 Å². The summed E-state index contributed by atoms with van der Waals surface area (Å²) >= 11 is 0. The van der Waals surface area contributed by atoms with Gasteiger partial charge >= 0.3 is 0 Å². The Morgan fingerprint density at radius 3 is 2.38 bits per heavy atom. The molecule has 0 heterocycles. The number of carbonyl (C=O) groups is 2. The minimum atomic E-state index is -0.0508. The molecule has 3 aliphatic rings. The molecule has 4 rings (SSSR count). The quantitative estimate of drug-likeness (QED) is 0.853. The zero-order valence-electron chi connectivity index (χ0n) is 12.3. The average molecular weight is 284 g/mol. The highest BCUT2D eigenvalue weighted by Gasteiger charge is 2.56. The lowest BCUT2D eigenvalue weighted by molar-refractivity contribution is 0.0660.